The maximum atomic E-state index is 12.5. The second kappa shape index (κ2) is 12.0. The molecule has 0 bridgehead atoms. The first kappa shape index (κ1) is 25.9. The summed E-state index contributed by atoms with van der Waals surface area (Å²) in [4.78, 5) is 39.1. The number of aliphatic hydroxyl groups excluding tert-OH is 1. The van der Waals surface area contributed by atoms with Crippen LogP contribution in [0.25, 0.3) is 11.1 Å². The SMILES string of the molecule is COc1cnn(C)c(=O)c1-c1ccc(CC(NC(=O)N(C)CC(C)C)C(=O)OCCO)cc1. The minimum atomic E-state index is -0.937. The van der Waals surface area contributed by atoms with Gasteiger partial charge in [-0.3, -0.25) is 4.79 Å². The predicted octanol–water partition coefficient (Wildman–Crippen LogP) is 1.20. The smallest absolute Gasteiger partial charge is 0.329 e. The largest absolute Gasteiger partial charge is 0.494 e. The van der Waals surface area contributed by atoms with Crippen molar-refractivity contribution in [1.82, 2.24) is 20.0 Å². The van der Waals surface area contributed by atoms with Gasteiger partial charge in [-0.25, -0.2) is 14.3 Å². The quantitative estimate of drug-likeness (QED) is 0.511. The summed E-state index contributed by atoms with van der Waals surface area (Å²) in [6, 6.07) is 5.70. The average molecular weight is 461 g/mol. The van der Waals surface area contributed by atoms with Crippen LogP contribution in [0, 0.1) is 5.92 Å². The van der Waals surface area contributed by atoms with E-state index in [1.807, 2.05) is 13.8 Å². The van der Waals surface area contributed by atoms with Crippen LogP contribution in [0.4, 0.5) is 4.79 Å². The molecule has 0 aliphatic heterocycles. The number of carbonyl (C=O) groups excluding carboxylic acids is 2. The second-order valence-electron chi connectivity index (χ2n) is 8.09. The number of nitrogens with one attached hydrogen (secondary N) is 1. The number of amides is 2. The van der Waals surface area contributed by atoms with Crippen molar-refractivity contribution in [2.24, 2.45) is 13.0 Å². The van der Waals surface area contributed by atoms with E-state index in [9.17, 15) is 14.4 Å². The molecule has 2 aromatic rings. The summed E-state index contributed by atoms with van der Waals surface area (Å²) >= 11 is 0. The van der Waals surface area contributed by atoms with E-state index >= 15 is 0 Å². The maximum absolute atomic E-state index is 12.5. The van der Waals surface area contributed by atoms with Crippen molar-refractivity contribution in [3.63, 3.8) is 0 Å². The number of benzene rings is 1. The number of hydrogen-bond donors (Lipinski definition) is 2. The topological polar surface area (TPSA) is 123 Å². The number of carbonyl (C=O) groups is 2. The number of aliphatic hydroxyl groups is 1. The molecule has 180 valence electrons. The van der Waals surface area contributed by atoms with Crippen molar-refractivity contribution in [3.8, 4) is 16.9 Å². The third-order valence-electron chi connectivity index (χ3n) is 4.91. The Kier molecular flexibility index (Phi) is 9.41. The molecule has 0 aliphatic rings. The zero-order chi connectivity index (χ0) is 24.5. The van der Waals surface area contributed by atoms with Crippen molar-refractivity contribution < 1.29 is 24.2 Å². The van der Waals surface area contributed by atoms with E-state index in [4.69, 9.17) is 14.6 Å². The number of ether oxygens (including phenoxy) is 2. The highest BCUT2D eigenvalue weighted by Crippen LogP contribution is 2.25. The summed E-state index contributed by atoms with van der Waals surface area (Å²) in [5, 5.41) is 15.6. The average Bonchev–Trinajstić information content (AvgIpc) is 2.78. The Morgan fingerprint density at radius 1 is 1.24 bits per heavy atom. The van der Waals surface area contributed by atoms with Gasteiger partial charge in [-0.15, -0.1) is 0 Å². The summed E-state index contributed by atoms with van der Waals surface area (Å²) in [7, 11) is 4.68. The van der Waals surface area contributed by atoms with Crippen LogP contribution in [-0.2, 0) is 23.0 Å². The highest BCUT2D eigenvalue weighted by molar-refractivity contribution is 5.84. The van der Waals surface area contributed by atoms with Crippen LogP contribution in [0.3, 0.4) is 0 Å². The number of urea groups is 1. The standard InChI is InChI=1S/C23H32N4O6/c1-15(2)14-26(3)23(31)25-18(22(30)33-11-10-28)12-16-6-8-17(9-7-16)20-19(32-5)13-24-27(4)21(20)29/h6-9,13,15,18,28H,10-12,14H2,1-5H3,(H,25,31). The van der Waals surface area contributed by atoms with Crippen LogP contribution in [0.15, 0.2) is 35.3 Å². The third-order valence-corrected chi connectivity index (χ3v) is 4.91. The lowest BCUT2D eigenvalue weighted by Gasteiger charge is -2.24. The van der Waals surface area contributed by atoms with E-state index in [1.165, 1.54) is 22.9 Å². The third kappa shape index (κ3) is 7.04. The molecule has 2 amide bonds. The van der Waals surface area contributed by atoms with Gasteiger partial charge in [0.05, 0.1) is 25.5 Å². The molecule has 0 fully saturated rings. The van der Waals surface area contributed by atoms with E-state index in [1.54, 1.807) is 38.4 Å². The Morgan fingerprint density at radius 3 is 2.48 bits per heavy atom. The van der Waals surface area contributed by atoms with Crippen LogP contribution in [-0.4, -0.2) is 71.7 Å². The normalized spacial score (nSPS) is 11.7. The molecule has 0 radical (unpaired) electrons. The molecule has 0 saturated heterocycles. The van der Waals surface area contributed by atoms with Crippen molar-refractivity contribution in [2.75, 3.05) is 33.9 Å². The molecule has 1 aromatic heterocycles. The summed E-state index contributed by atoms with van der Waals surface area (Å²) < 4.78 is 11.6. The summed E-state index contributed by atoms with van der Waals surface area (Å²) in [5.41, 5.74) is 1.47. The molecule has 10 nitrogen and oxygen atoms in total. The zero-order valence-corrected chi connectivity index (χ0v) is 19.7. The van der Waals surface area contributed by atoms with Gasteiger partial charge in [-0.05, 0) is 17.0 Å². The van der Waals surface area contributed by atoms with Crippen molar-refractivity contribution in [1.29, 1.82) is 0 Å². The van der Waals surface area contributed by atoms with E-state index in [0.717, 1.165) is 5.56 Å². The predicted molar refractivity (Wildman–Crippen MR) is 123 cm³/mol. The first-order valence-electron chi connectivity index (χ1n) is 10.7. The van der Waals surface area contributed by atoms with Crippen molar-refractivity contribution >= 4 is 12.0 Å². The van der Waals surface area contributed by atoms with Crippen molar-refractivity contribution in [3.05, 3.63) is 46.4 Å². The van der Waals surface area contributed by atoms with Crippen LogP contribution in [0.1, 0.15) is 19.4 Å². The highest BCUT2D eigenvalue weighted by Gasteiger charge is 2.25. The van der Waals surface area contributed by atoms with Gasteiger partial charge >= 0.3 is 12.0 Å². The Labute approximate surface area is 193 Å². The minimum Gasteiger partial charge on any atom is -0.494 e. The summed E-state index contributed by atoms with van der Waals surface area (Å²) in [6.07, 6.45) is 1.65. The number of esters is 1. The van der Waals surface area contributed by atoms with Crippen LogP contribution in [0.5, 0.6) is 5.75 Å². The van der Waals surface area contributed by atoms with Gasteiger partial charge in [0.25, 0.3) is 5.56 Å². The van der Waals surface area contributed by atoms with Gasteiger partial charge in [0, 0.05) is 27.1 Å². The molecule has 1 atom stereocenters. The van der Waals surface area contributed by atoms with Gasteiger partial charge in [0.15, 0.2) is 5.75 Å². The molecular weight excluding hydrogens is 428 g/mol. The molecule has 1 aromatic carbocycles. The van der Waals surface area contributed by atoms with E-state index in [2.05, 4.69) is 10.4 Å². The van der Waals surface area contributed by atoms with Gasteiger partial charge in [0.1, 0.15) is 12.6 Å². The molecule has 0 aliphatic carbocycles. The van der Waals surface area contributed by atoms with Crippen LogP contribution < -0.4 is 15.6 Å². The molecular formula is C23H32N4O6. The van der Waals surface area contributed by atoms with Crippen LogP contribution >= 0.6 is 0 Å². The Hall–Kier alpha value is -3.40. The number of methoxy groups -OCH3 is 1. The van der Waals surface area contributed by atoms with E-state index < -0.39 is 18.0 Å². The molecule has 10 heteroatoms. The monoisotopic (exact) mass is 460 g/mol. The highest BCUT2D eigenvalue weighted by atomic mass is 16.5. The lowest BCUT2D eigenvalue weighted by molar-refractivity contribution is -0.146. The molecule has 1 heterocycles. The first-order valence-corrected chi connectivity index (χ1v) is 10.7. The van der Waals surface area contributed by atoms with Crippen molar-refractivity contribution in [2.45, 2.75) is 26.3 Å². The maximum Gasteiger partial charge on any atom is 0.329 e. The van der Waals surface area contributed by atoms with Gasteiger partial charge in [0.2, 0.25) is 0 Å². The molecule has 0 spiro atoms. The van der Waals surface area contributed by atoms with E-state index in [-0.39, 0.29) is 31.1 Å². The van der Waals surface area contributed by atoms with Gasteiger partial charge < -0.3 is 24.8 Å². The molecule has 1 unspecified atom stereocenters. The lowest BCUT2D eigenvalue weighted by atomic mass is 10.0. The number of nitrogens with zero attached hydrogens (tertiary/aromatic N) is 3. The number of aryl methyl sites for hydroxylation is 1. The Balaban J connectivity index is 2.25. The fourth-order valence-electron chi connectivity index (χ4n) is 3.32. The number of aromatic nitrogens is 2. The zero-order valence-electron chi connectivity index (χ0n) is 19.7. The van der Waals surface area contributed by atoms with Gasteiger partial charge in [-0.2, -0.15) is 5.10 Å². The molecule has 33 heavy (non-hydrogen) atoms. The molecule has 2 rings (SSSR count). The van der Waals surface area contributed by atoms with Crippen LogP contribution in [0.2, 0.25) is 0 Å². The first-order chi connectivity index (χ1) is 15.7. The number of rotatable bonds is 10. The number of hydrogen-bond acceptors (Lipinski definition) is 7. The Morgan fingerprint density at radius 2 is 1.91 bits per heavy atom. The Bertz CT molecular complexity index is 1000. The fourth-order valence-corrected chi connectivity index (χ4v) is 3.32. The fraction of sp³-hybridized carbons (Fsp3) is 0.478. The second-order valence-corrected chi connectivity index (χ2v) is 8.09. The van der Waals surface area contributed by atoms with E-state index in [0.29, 0.717) is 23.4 Å². The lowest BCUT2D eigenvalue weighted by Crippen LogP contribution is -2.49. The molecule has 2 N–H and O–H groups in total. The minimum absolute atomic E-state index is 0.156. The summed E-state index contributed by atoms with van der Waals surface area (Å²) in [6.45, 7) is 4.04. The van der Waals surface area contributed by atoms with Gasteiger partial charge in [-0.1, -0.05) is 38.1 Å². The summed E-state index contributed by atoms with van der Waals surface area (Å²) in [5.74, 6) is -0.00757. The molecule has 0 saturated carbocycles.